The summed E-state index contributed by atoms with van der Waals surface area (Å²) in [5.74, 6) is 0.499. The predicted octanol–water partition coefficient (Wildman–Crippen LogP) is 4.81. The Labute approximate surface area is 200 Å². The van der Waals surface area contributed by atoms with Crippen molar-refractivity contribution < 1.29 is 18.7 Å². The second kappa shape index (κ2) is 11.0. The van der Waals surface area contributed by atoms with E-state index in [9.17, 15) is 9.59 Å². The average molecular weight is 462 g/mol. The molecule has 0 saturated carbocycles. The Hall–Kier alpha value is -3.58. The molecular weight excluding hydrogens is 430 g/mol. The predicted molar refractivity (Wildman–Crippen MR) is 131 cm³/mol. The van der Waals surface area contributed by atoms with Crippen LogP contribution in [0.5, 0.6) is 5.75 Å². The average Bonchev–Trinajstić information content (AvgIpc) is 3.41. The van der Waals surface area contributed by atoms with E-state index in [-0.39, 0.29) is 23.6 Å². The molecule has 7 nitrogen and oxygen atoms in total. The van der Waals surface area contributed by atoms with Crippen molar-refractivity contribution in [2.45, 2.75) is 32.2 Å². The van der Waals surface area contributed by atoms with Crippen LogP contribution in [0.2, 0.25) is 0 Å². The first-order chi connectivity index (χ1) is 16.6. The molecule has 1 atom stereocenters. The van der Waals surface area contributed by atoms with E-state index >= 15 is 0 Å². The van der Waals surface area contributed by atoms with Crippen molar-refractivity contribution in [2.24, 2.45) is 0 Å². The smallest absolute Gasteiger partial charge is 0.291 e. The number of benzene rings is 2. The molecule has 1 unspecified atom stereocenters. The van der Waals surface area contributed by atoms with Crippen LogP contribution in [-0.2, 0) is 0 Å². The first kappa shape index (κ1) is 23.6. The number of carbonyl (C=O) groups is 2. The number of anilines is 1. The molecule has 7 heteroatoms. The van der Waals surface area contributed by atoms with Gasteiger partial charge >= 0.3 is 0 Å². The van der Waals surface area contributed by atoms with E-state index < -0.39 is 0 Å². The zero-order valence-corrected chi connectivity index (χ0v) is 19.7. The van der Waals surface area contributed by atoms with Gasteiger partial charge in [-0.1, -0.05) is 30.7 Å². The molecule has 1 aliphatic rings. The first-order valence-electron chi connectivity index (χ1n) is 11.7. The first-order valence-corrected chi connectivity index (χ1v) is 11.7. The zero-order chi connectivity index (χ0) is 23.9. The number of rotatable bonds is 8. The van der Waals surface area contributed by atoms with E-state index in [0.717, 1.165) is 42.8 Å². The summed E-state index contributed by atoms with van der Waals surface area (Å²) in [6, 6.07) is 16.6. The lowest BCUT2D eigenvalue weighted by Crippen LogP contribution is -2.40. The number of nitrogens with one attached hydrogen (secondary N) is 2. The Balaban J connectivity index is 1.49. The van der Waals surface area contributed by atoms with Gasteiger partial charge in [0, 0.05) is 23.4 Å². The summed E-state index contributed by atoms with van der Waals surface area (Å²) >= 11 is 0. The topological polar surface area (TPSA) is 83.8 Å². The highest BCUT2D eigenvalue weighted by Crippen LogP contribution is 2.31. The quantitative estimate of drug-likeness (QED) is 0.503. The summed E-state index contributed by atoms with van der Waals surface area (Å²) < 4.78 is 10.8. The van der Waals surface area contributed by atoms with E-state index in [1.165, 1.54) is 12.7 Å². The molecule has 1 aliphatic heterocycles. The molecule has 2 amide bonds. The van der Waals surface area contributed by atoms with Crippen LogP contribution in [0.4, 0.5) is 5.69 Å². The molecule has 2 aromatic carbocycles. The van der Waals surface area contributed by atoms with Crippen LogP contribution in [-0.4, -0.2) is 43.5 Å². The Morgan fingerprint density at radius 1 is 1.03 bits per heavy atom. The SMILES string of the molecule is COc1ccccc1C(CNC(=O)c1ccc(C)c(NC(=O)c2ccco2)c1)N1CCCCC1. The van der Waals surface area contributed by atoms with E-state index in [2.05, 4.69) is 21.6 Å². The number of hydrogen-bond acceptors (Lipinski definition) is 5. The number of piperidine rings is 1. The van der Waals surface area contributed by atoms with Crippen LogP contribution in [0.3, 0.4) is 0 Å². The van der Waals surface area contributed by atoms with Gasteiger partial charge in [0.2, 0.25) is 0 Å². The van der Waals surface area contributed by atoms with Crippen LogP contribution in [0.15, 0.2) is 65.3 Å². The summed E-state index contributed by atoms with van der Waals surface area (Å²) in [4.78, 5) is 27.9. The maximum absolute atomic E-state index is 13.1. The fraction of sp³-hybridized carbons (Fsp3) is 0.333. The Morgan fingerprint density at radius 2 is 1.82 bits per heavy atom. The van der Waals surface area contributed by atoms with Gasteiger partial charge in [-0.05, 0) is 68.8 Å². The van der Waals surface area contributed by atoms with Crippen LogP contribution in [0, 0.1) is 6.92 Å². The Morgan fingerprint density at radius 3 is 2.56 bits per heavy atom. The van der Waals surface area contributed by atoms with E-state index in [1.807, 2.05) is 31.2 Å². The third-order valence-electron chi connectivity index (χ3n) is 6.28. The molecule has 34 heavy (non-hydrogen) atoms. The van der Waals surface area contributed by atoms with Gasteiger partial charge in [-0.15, -0.1) is 0 Å². The van der Waals surface area contributed by atoms with Crippen LogP contribution in [0.25, 0.3) is 0 Å². The molecule has 2 N–H and O–H groups in total. The molecule has 4 rings (SSSR count). The molecule has 3 aromatic rings. The summed E-state index contributed by atoms with van der Waals surface area (Å²) in [5.41, 5.74) is 2.99. The molecule has 0 radical (unpaired) electrons. The molecule has 0 aliphatic carbocycles. The van der Waals surface area contributed by atoms with Crippen molar-refractivity contribution >= 4 is 17.5 Å². The van der Waals surface area contributed by atoms with Crippen LogP contribution >= 0.6 is 0 Å². The van der Waals surface area contributed by atoms with Gasteiger partial charge in [0.1, 0.15) is 5.75 Å². The van der Waals surface area contributed by atoms with Crippen molar-refractivity contribution in [3.63, 3.8) is 0 Å². The zero-order valence-electron chi connectivity index (χ0n) is 19.7. The van der Waals surface area contributed by atoms with Gasteiger partial charge in [0.25, 0.3) is 11.8 Å². The lowest BCUT2D eigenvalue weighted by molar-refractivity contribution is 0.0922. The van der Waals surface area contributed by atoms with E-state index in [1.54, 1.807) is 31.4 Å². The molecule has 0 bridgehead atoms. The number of likely N-dealkylation sites (tertiary alicyclic amines) is 1. The van der Waals surface area contributed by atoms with Gasteiger partial charge in [-0.25, -0.2) is 0 Å². The number of amides is 2. The van der Waals surface area contributed by atoms with Crippen molar-refractivity contribution in [3.8, 4) is 5.75 Å². The van der Waals surface area contributed by atoms with E-state index in [0.29, 0.717) is 17.8 Å². The molecule has 1 saturated heterocycles. The molecular formula is C27H31N3O4. The summed E-state index contributed by atoms with van der Waals surface area (Å²) in [6.07, 6.45) is 4.98. The minimum Gasteiger partial charge on any atom is -0.496 e. The number of methoxy groups -OCH3 is 1. The number of furan rings is 1. The number of para-hydroxylation sites is 1. The number of aryl methyl sites for hydroxylation is 1. The molecule has 1 fully saturated rings. The second-order valence-corrected chi connectivity index (χ2v) is 8.53. The molecule has 1 aromatic heterocycles. The fourth-order valence-electron chi connectivity index (χ4n) is 4.39. The van der Waals surface area contributed by atoms with Gasteiger partial charge < -0.3 is 19.8 Å². The van der Waals surface area contributed by atoms with Gasteiger partial charge in [-0.3, -0.25) is 14.5 Å². The van der Waals surface area contributed by atoms with Gasteiger partial charge in [-0.2, -0.15) is 0 Å². The van der Waals surface area contributed by atoms with Gasteiger partial charge in [0.15, 0.2) is 5.76 Å². The minimum absolute atomic E-state index is 0.0176. The standard InChI is InChI=1S/C27H31N3O4/c1-19-12-13-20(17-22(19)29-27(32)25-11-8-16-34-25)26(31)28-18-23(30-14-6-3-7-15-30)21-9-4-5-10-24(21)33-2/h4-5,8-13,16-17,23H,3,6-7,14-15,18H2,1-2H3,(H,28,31)(H,29,32). The molecule has 2 heterocycles. The summed E-state index contributed by atoms with van der Waals surface area (Å²) in [5, 5.41) is 5.93. The van der Waals surface area contributed by atoms with Crippen molar-refractivity contribution in [1.29, 1.82) is 0 Å². The lowest BCUT2D eigenvalue weighted by atomic mass is 10.00. The Bertz CT molecular complexity index is 1120. The lowest BCUT2D eigenvalue weighted by Gasteiger charge is -2.35. The van der Waals surface area contributed by atoms with Crippen LogP contribution in [0.1, 0.15) is 57.3 Å². The summed E-state index contributed by atoms with van der Waals surface area (Å²) in [6.45, 7) is 4.33. The normalized spacial score (nSPS) is 14.9. The fourth-order valence-corrected chi connectivity index (χ4v) is 4.39. The summed E-state index contributed by atoms with van der Waals surface area (Å²) in [7, 11) is 1.68. The minimum atomic E-state index is -0.355. The van der Waals surface area contributed by atoms with Crippen LogP contribution < -0.4 is 15.4 Å². The highest BCUT2D eigenvalue weighted by molar-refractivity contribution is 6.03. The third-order valence-corrected chi connectivity index (χ3v) is 6.28. The number of hydrogen-bond donors (Lipinski definition) is 2. The molecule has 178 valence electrons. The monoisotopic (exact) mass is 461 g/mol. The maximum Gasteiger partial charge on any atom is 0.291 e. The number of nitrogens with zero attached hydrogens (tertiary/aromatic N) is 1. The Kier molecular flexibility index (Phi) is 7.65. The van der Waals surface area contributed by atoms with E-state index in [4.69, 9.17) is 9.15 Å². The van der Waals surface area contributed by atoms with Gasteiger partial charge in [0.05, 0.1) is 19.4 Å². The maximum atomic E-state index is 13.1. The third kappa shape index (κ3) is 5.48. The number of ether oxygens (including phenoxy) is 1. The van der Waals surface area contributed by atoms with Crippen molar-refractivity contribution in [3.05, 3.63) is 83.3 Å². The number of carbonyl (C=O) groups excluding carboxylic acids is 2. The van der Waals surface area contributed by atoms with Crippen molar-refractivity contribution in [1.82, 2.24) is 10.2 Å². The highest BCUT2D eigenvalue weighted by atomic mass is 16.5. The largest absolute Gasteiger partial charge is 0.496 e. The van der Waals surface area contributed by atoms with Crippen molar-refractivity contribution in [2.75, 3.05) is 32.1 Å². The highest BCUT2D eigenvalue weighted by Gasteiger charge is 2.25. The molecule has 0 spiro atoms. The second-order valence-electron chi connectivity index (χ2n) is 8.53.